The Bertz CT molecular complexity index is 888. The zero-order valence-corrected chi connectivity index (χ0v) is 13.6. The second-order valence-corrected chi connectivity index (χ2v) is 6.25. The zero-order chi connectivity index (χ0) is 16.4. The Hall–Kier alpha value is -2.44. The summed E-state index contributed by atoms with van der Waals surface area (Å²) in [6.07, 6.45) is 0. The number of hydrazone groups is 1. The van der Waals surface area contributed by atoms with Gasteiger partial charge in [-0.2, -0.15) is 5.10 Å². The maximum Gasteiger partial charge on any atom is 0.275 e. The lowest BCUT2D eigenvalue weighted by atomic mass is 10.2. The summed E-state index contributed by atoms with van der Waals surface area (Å²) in [6, 6.07) is 12.0. The molecule has 5 nitrogen and oxygen atoms in total. The molecule has 1 aromatic heterocycles. The van der Waals surface area contributed by atoms with Crippen LogP contribution in [0.15, 0.2) is 47.6 Å². The van der Waals surface area contributed by atoms with Crippen molar-refractivity contribution in [1.29, 1.82) is 0 Å². The van der Waals surface area contributed by atoms with Crippen molar-refractivity contribution in [3.8, 4) is 5.75 Å². The third kappa shape index (κ3) is 3.33. The monoisotopic (exact) mass is 345 g/mol. The van der Waals surface area contributed by atoms with Crippen LogP contribution < -0.4 is 5.43 Å². The van der Waals surface area contributed by atoms with E-state index in [1.165, 1.54) is 29.5 Å². The summed E-state index contributed by atoms with van der Waals surface area (Å²) in [5.41, 5.74) is 3.95. The summed E-state index contributed by atoms with van der Waals surface area (Å²) in [6.45, 7) is 1.76. The van der Waals surface area contributed by atoms with Gasteiger partial charge in [0.2, 0.25) is 0 Å². The average molecular weight is 346 g/mol. The molecule has 0 unspecified atom stereocenters. The number of halogens is 1. The van der Waals surface area contributed by atoms with Crippen LogP contribution in [0.3, 0.4) is 0 Å². The molecule has 0 bridgehead atoms. The number of benzene rings is 2. The number of phenolic OH excluding ortho intramolecular Hbond substituents is 1. The van der Waals surface area contributed by atoms with Crippen LogP contribution in [0.25, 0.3) is 10.2 Å². The van der Waals surface area contributed by atoms with Crippen molar-refractivity contribution >= 4 is 44.8 Å². The Morgan fingerprint density at radius 1 is 1.30 bits per heavy atom. The number of hydrogen-bond acceptors (Lipinski definition) is 5. The fourth-order valence-electron chi connectivity index (χ4n) is 1.96. The fraction of sp³-hybridized carbons (Fsp3) is 0.0625. The van der Waals surface area contributed by atoms with Gasteiger partial charge in [-0.15, -0.1) is 11.3 Å². The Labute approximate surface area is 141 Å². The first-order chi connectivity index (χ1) is 11.0. The topological polar surface area (TPSA) is 74.6 Å². The van der Waals surface area contributed by atoms with Crippen LogP contribution in [0.5, 0.6) is 5.75 Å². The summed E-state index contributed by atoms with van der Waals surface area (Å²) < 4.78 is 1.05. The Balaban J connectivity index is 1.81. The summed E-state index contributed by atoms with van der Waals surface area (Å²) in [7, 11) is 0. The number of aromatic hydroxyl groups is 1. The van der Waals surface area contributed by atoms with Crippen molar-refractivity contribution in [3.63, 3.8) is 0 Å². The molecule has 0 saturated heterocycles. The molecule has 0 aliphatic heterocycles. The maximum absolute atomic E-state index is 12.1. The normalized spacial score (nSPS) is 11.7. The molecule has 1 amide bonds. The molecule has 0 saturated carbocycles. The van der Waals surface area contributed by atoms with Crippen LogP contribution in [0.1, 0.15) is 22.3 Å². The Morgan fingerprint density at radius 3 is 2.87 bits per heavy atom. The van der Waals surface area contributed by atoms with Crippen molar-refractivity contribution in [1.82, 2.24) is 10.4 Å². The van der Waals surface area contributed by atoms with Gasteiger partial charge in [-0.1, -0.05) is 23.7 Å². The molecule has 7 heteroatoms. The molecule has 3 rings (SSSR count). The summed E-state index contributed by atoms with van der Waals surface area (Å²) >= 11 is 7.32. The molecular formula is C16H12ClN3O2S. The van der Waals surface area contributed by atoms with Gasteiger partial charge in [0.1, 0.15) is 10.8 Å². The largest absolute Gasteiger partial charge is 0.507 e. The number of amides is 1. The standard InChI is InChI=1S/C16H12ClN3O2S/c1-9(16-18-12-4-2-3-5-14(12)23-16)19-20-15(22)11-8-10(17)6-7-13(11)21/h2-8,21H,1H3,(H,20,22)/b19-9-. The molecule has 2 N–H and O–H groups in total. The van der Waals surface area contributed by atoms with E-state index in [1.54, 1.807) is 6.92 Å². The van der Waals surface area contributed by atoms with Gasteiger partial charge in [-0.05, 0) is 37.3 Å². The van der Waals surface area contributed by atoms with Crippen molar-refractivity contribution < 1.29 is 9.90 Å². The molecule has 0 aliphatic rings. The minimum atomic E-state index is -0.537. The minimum absolute atomic E-state index is 0.0679. The molecule has 0 fully saturated rings. The molecule has 0 atom stereocenters. The fourth-order valence-corrected chi connectivity index (χ4v) is 3.04. The summed E-state index contributed by atoms with van der Waals surface area (Å²) in [5.74, 6) is -0.690. The SMILES string of the molecule is C/C(=N/NC(=O)c1cc(Cl)ccc1O)c1nc2ccccc2s1. The first kappa shape index (κ1) is 15.5. The van der Waals surface area contributed by atoms with Crippen LogP contribution in [-0.4, -0.2) is 21.7 Å². The summed E-state index contributed by atoms with van der Waals surface area (Å²) in [5, 5.41) is 14.8. The Kier molecular flexibility index (Phi) is 4.27. The molecular weight excluding hydrogens is 334 g/mol. The van der Waals surface area contributed by atoms with E-state index >= 15 is 0 Å². The lowest BCUT2D eigenvalue weighted by Gasteiger charge is -2.04. The van der Waals surface area contributed by atoms with Crippen LogP contribution in [0.2, 0.25) is 5.02 Å². The van der Waals surface area contributed by atoms with Gasteiger partial charge in [0.25, 0.3) is 5.91 Å². The number of phenols is 1. The van der Waals surface area contributed by atoms with Crippen molar-refractivity contribution in [2.75, 3.05) is 0 Å². The third-order valence-electron chi connectivity index (χ3n) is 3.13. The van der Waals surface area contributed by atoms with E-state index in [-0.39, 0.29) is 11.3 Å². The second-order valence-electron chi connectivity index (χ2n) is 4.79. The molecule has 3 aromatic rings. The highest BCUT2D eigenvalue weighted by Gasteiger charge is 2.12. The number of thiazole rings is 1. The van der Waals surface area contributed by atoms with E-state index in [1.807, 2.05) is 24.3 Å². The van der Waals surface area contributed by atoms with E-state index in [9.17, 15) is 9.90 Å². The van der Waals surface area contributed by atoms with Crippen LogP contribution in [0, 0.1) is 0 Å². The van der Waals surface area contributed by atoms with Crippen molar-refractivity contribution in [2.45, 2.75) is 6.92 Å². The molecule has 0 spiro atoms. The minimum Gasteiger partial charge on any atom is -0.507 e. The molecule has 116 valence electrons. The highest BCUT2D eigenvalue weighted by molar-refractivity contribution is 7.20. The Morgan fingerprint density at radius 2 is 2.09 bits per heavy atom. The van der Waals surface area contributed by atoms with Gasteiger partial charge < -0.3 is 5.11 Å². The first-order valence-electron chi connectivity index (χ1n) is 6.73. The lowest BCUT2D eigenvalue weighted by molar-refractivity contribution is 0.0952. The van der Waals surface area contributed by atoms with Gasteiger partial charge in [-0.3, -0.25) is 4.79 Å². The number of nitrogens with zero attached hydrogens (tertiary/aromatic N) is 2. The van der Waals surface area contributed by atoms with Gasteiger partial charge in [0.05, 0.1) is 21.5 Å². The van der Waals surface area contributed by atoms with Crippen LogP contribution >= 0.6 is 22.9 Å². The number of carbonyl (C=O) groups excluding carboxylic acids is 1. The smallest absolute Gasteiger partial charge is 0.275 e. The van der Waals surface area contributed by atoms with Gasteiger partial charge >= 0.3 is 0 Å². The number of rotatable bonds is 3. The van der Waals surface area contributed by atoms with Gasteiger partial charge in [0, 0.05) is 5.02 Å². The van der Waals surface area contributed by atoms with E-state index < -0.39 is 5.91 Å². The molecule has 0 radical (unpaired) electrons. The van der Waals surface area contributed by atoms with E-state index in [0.717, 1.165) is 15.2 Å². The van der Waals surface area contributed by atoms with Crippen LogP contribution in [-0.2, 0) is 0 Å². The quantitative estimate of drug-likeness (QED) is 0.560. The number of carbonyl (C=O) groups is 1. The highest BCUT2D eigenvalue weighted by Crippen LogP contribution is 2.23. The summed E-state index contributed by atoms with van der Waals surface area (Å²) in [4.78, 5) is 16.5. The van der Waals surface area contributed by atoms with Crippen LogP contribution in [0.4, 0.5) is 0 Å². The lowest BCUT2D eigenvalue weighted by Crippen LogP contribution is -2.19. The number of nitrogens with one attached hydrogen (secondary N) is 1. The number of fused-ring (bicyclic) bond motifs is 1. The van der Waals surface area contributed by atoms with Gasteiger partial charge in [-0.25, -0.2) is 10.4 Å². The van der Waals surface area contributed by atoms with E-state index in [2.05, 4.69) is 15.5 Å². The van der Waals surface area contributed by atoms with Crippen molar-refractivity contribution in [2.24, 2.45) is 5.10 Å². The number of hydrogen-bond donors (Lipinski definition) is 2. The van der Waals surface area contributed by atoms with Gasteiger partial charge in [0.15, 0.2) is 0 Å². The van der Waals surface area contributed by atoms with Crippen molar-refractivity contribution in [3.05, 3.63) is 58.1 Å². The van der Waals surface area contributed by atoms with E-state index in [4.69, 9.17) is 11.6 Å². The van der Waals surface area contributed by atoms with E-state index in [0.29, 0.717) is 10.7 Å². The predicted molar refractivity (Wildman–Crippen MR) is 92.4 cm³/mol. The first-order valence-corrected chi connectivity index (χ1v) is 7.93. The number of aromatic nitrogens is 1. The average Bonchev–Trinajstić information content (AvgIpc) is 2.98. The zero-order valence-electron chi connectivity index (χ0n) is 12.1. The number of para-hydroxylation sites is 1. The predicted octanol–water partition coefficient (Wildman–Crippen LogP) is 3.81. The molecule has 2 aromatic carbocycles. The maximum atomic E-state index is 12.1. The third-order valence-corrected chi connectivity index (χ3v) is 4.51. The molecule has 0 aliphatic carbocycles. The molecule has 1 heterocycles. The molecule has 23 heavy (non-hydrogen) atoms. The highest BCUT2D eigenvalue weighted by atomic mass is 35.5. The second kappa shape index (κ2) is 6.36.